The lowest BCUT2D eigenvalue weighted by Gasteiger charge is -2.30. The number of rotatable bonds is 6. The molecule has 0 aromatic rings. The Bertz CT molecular complexity index is 305. The van der Waals surface area contributed by atoms with Crippen molar-refractivity contribution in [1.29, 1.82) is 0 Å². The molecule has 5 heteroatoms. The van der Waals surface area contributed by atoms with Crippen LogP contribution in [0.4, 0.5) is 0 Å². The van der Waals surface area contributed by atoms with E-state index in [-0.39, 0.29) is 17.9 Å². The minimum Gasteiger partial charge on any atom is -0.356 e. The number of amides is 2. The van der Waals surface area contributed by atoms with Crippen LogP contribution in [0.25, 0.3) is 0 Å². The van der Waals surface area contributed by atoms with Crippen molar-refractivity contribution >= 4 is 11.8 Å². The highest BCUT2D eigenvalue weighted by molar-refractivity contribution is 5.79. The zero-order valence-corrected chi connectivity index (χ0v) is 12.3. The molecule has 2 amide bonds. The zero-order valence-electron chi connectivity index (χ0n) is 12.3. The van der Waals surface area contributed by atoms with Gasteiger partial charge in [-0.05, 0) is 31.3 Å². The highest BCUT2D eigenvalue weighted by Crippen LogP contribution is 2.10. The van der Waals surface area contributed by atoms with Crippen LogP contribution in [0.3, 0.4) is 0 Å². The van der Waals surface area contributed by atoms with E-state index in [1.165, 1.54) is 0 Å². The summed E-state index contributed by atoms with van der Waals surface area (Å²) in [4.78, 5) is 23.2. The number of hydrogen-bond acceptors (Lipinski definition) is 3. The molecule has 1 rings (SSSR count). The van der Waals surface area contributed by atoms with E-state index in [9.17, 15) is 9.59 Å². The van der Waals surface area contributed by atoms with Gasteiger partial charge in [-0.1, -0.05) is 20.8 Å². The van der Waals surface area contributed by atoms with E-state index in [4.69, 9.17) is 0 Å². The van der Waals surface area contributed by atoms with Crippen LogP contribution in [0, 0.1) is 11.8 Å². The fourth-order valence-corrected chi connectivity index (χ4v) is 2.27. The van der Waals surface area contributed by atoms with Crippen LogP contribution >= 0.6 is 0 Å². The first-order valence-corrected chi connectivity index (χ1v) is 7.25. The van der Waals surface area contributed by atoms with E-state index >= 15 is 0 Å². The Morgan fingerprint density at radius 2 is 2.05 bits per heavy atom. The molecule has 0 saturated carbocycles. The van der Waals surface area contributed by atoms with Crippen molar-refractivity contribution in [2.45, 2.75) is 46.1 Å². The van der Waals surface area contributed by atoms with Gasteiger partial charge >= 0.3 is 0 Å². The standard InChI is InChI=1S/C14H27N3O2/c1-10(2)8-14(19)16-7-5-13(18)17-12-4-6-15-9-11(12)3/h10-12,15H,4-9H2,1-3H3,(H,16,19)(H,17,18). The molecule has 1 fully saturated rings. The van der Waals surface area contributed by atoms with Crippen LogP contribution < -0.4 is 16.0 Å². The molecule has 5 nitrogen and oxygen atoms in total. The van der Waals surface area contributed by atoms with Crippen molar-refractivity contribution in [3.8, 4) is 0 Å². The van der Waals surface area contributed by atoms with Crippen molar-refractivity contribution in [3.63, 3.8) is 0 Å². The molecule has 1 aliphatic rings. The molecule has 2 atom stereocenters. The summed E-state index contributed by atoms with van der Waals surface area (Å²) in [6.07, 6.45) is 1.86. The average molecular weight is 269 g/mol. The SMILES string of the molecule is CC(C)CC(=O)NCCC(=O)NC1CCNCC1C. The molecule has 0 aromatic heterocycles. The third-order valence-corrected chi connectivity index (χ3v) is 3.40. The Labute approximate surface area is 115 Å². The summed E-state index contributed by atoms with van der Waals surface area (Å²) in [6, 6.07) is 0.264. The van der Waals surface area contributed by atoms with Crippen LogP contribution in [0.5, 0.6) is 0 Å². The van der Waals surface area contributed by atoms with E-state index in [2.05, 4.69) is 22.9 Å². The van der Waals surface area contributed by atoms with Crippen molar-refractivity contribution in [1.82, 2.24) is 16.0 Å². The summed E-state index contributed by atoms with van der Waals surface area (Å²) in [6.45, 7) is 8.49. The van der Waals surface area contributed by atoms with Gasteiger partial charge in [0.2, 0.25) is 11.8 Å². The van der Waals surface area contributed by atoms with E-state index < -0.39 is 0 Å². The molecule has 3 N–H and O–H groups in total. The molecule has 19 heavy (non-hydrogen) atoms. The van der Waals surface area contributed by atoms with E-state index in [1.54, 1.807) is 0 Å². The molecular weight excluding hydrogens is 242 g/mol. The van der Waals surface area contributed by atoms with Gasteiger partial charge in [0.1, 0.15) is 0 Å². The van der Waals surface area contributed by atoms with Crippen LogP contribution in [-0.4, -0.2) is 37.5 Å². The van der Waals surface area contributed by atoms with Crippen molar-refractivity contribution in [2.24, 2.45) is 11.8 Å². The first kappa shape index (κ1) is 16.0. The predicted octanol–water partition coefficient (Wildman–Crippen LogP) is 0.653. The normalized spacial score (nSPS) is 23.2. The minimum atomic E-state index is 0.0260. The summed E-state index contributed by atoms with van der Waals surface area (Å²) in [5.41, 5.74) is 0. The topological polar surface area (TPSA) is 70.2 Å². The third-order valence-electron chi connectivity index (χ3n) is 3.40. The zero-order chi connectivity index (χ0) is 14.3. The lowest BCUT2D eigenvalue weighted by atomic mass is 9.95. The molecule has 110 valence electrons. The number of nitrogens with one attached hydrogen (secondary N) is 3. The number of carbonyl (C=O) groups is 2. The lowest BCUT2D eigenvalue weighted by molar-refractivity contribution is -0.123. The Hall–Kier alpha value is -1.10. The molecule has 2 unspecified atom stereocenters. The summed E-state index contributed by atoms with van der Waals surface area (Å²) in [5, 5.41) is 9.14. The van der Waals surface area contributed by atoms with E-state index in [0.29, 0.717) is 31.2 Å². The minimum absolute atomic E-state index is 0.0260. The van der Waals surface area contributed by atoms with Crippen molar-refractivity contribution < 1.29 is 9.59 Å². The summed E-state index contributed by atoms with van der Waals surface area (Å²) in [7, 11) is 0. The monoisotopic (exact) mass is 269 g/mol. The Morgan fingerprint density at radius 3 is 2.68 bits per heavy atom. The highest BCUT2D eigenvalue weighted by atomic mass is 16.2. The summed E-state index contributed by atoms with van der Waals surface area (Å²) in [5.74, 6) is 0.874. The third kappa shape index (κ3) is 6.57. The van der Waals surface area contributed by atoms with Gasteiger partial charge in [-0.25, -0.2) is 0 Å². The molecule has 1 aliphatic heterocycles. The first-order chi connectivity index (χ1) is 8.99. The van der Waals surface area contributed by atoms with Gasteiger partial charge in [0.15, 0.2) is 0 Å². The highest BCUT2D eigenvalue weighted by Gasteiger charge is 2.22. The molecule has 1 heterocycles. The van der Waals surface area contributed by atoms with Crippen LogP contribution in [0.2, 0.25) is 0 Å². The summed E-state index contributed by atoms with van der Waals surface area (Å²) < 4.78 is 0. The molecule has 0 bridgehead atoms. The van der Waals surface area contributed by atoms with Gasteiger partial charge < -0.3 is 16.0 Å². The van der Waals surface area contributed by atoms with Gasteiger partial charge in [-0.3, -0.25) is 9.59 Å². The van der Waals surface area contributed by atoms with Crippen molar-refractivity contribution in [2.75, 3.05) is 19.6 Å². The van der Waals surface area contributed by atoms with Crippen LogP contribution in [0.1, 0.15) is 40.0 Å². The van der Waals surface area contributed by atoms with Gasteiger partial charge in [0.25, 0.3) is 0 Å². The molecule has 0 aromatic carbocycles. The molecule has 0 spiro atoms. The average Bonchev–Trinajstić information content (AvgIpc) is 2.31. The largest absolute Gasteiger partial charge is 0.356 e. The number of carbonyl (C=O) groups excluding carboxylic acids is 2. The number of hydrogen-bond donors (Lipinski definition) is 3. The Kier molecular flexibility index (Phi) is 6.84. The summed E-state index contributed by atoms with van der Waals surface area (Å²) >= 11 is 0. The second kappa shape index (κ2) is 8.15. The molecule has 0 aliphatic carbocycles. The predicted molar refractivity (Wildman–Crippen MR) is 75.7 cm³/mol. The van der Waals surface area contributed by atoms with E-state index in [1.807, 2.05) is 13.8 Å². The first-order valence-electron chi connectivity index (χ1n) is 7.25. The van der Waals surface area contributed by atoms with Crippen LogP contribution in [-0.2, 0) is 9.59 Å². The fraction of sp³-hybridized carbons (Fsp3) is 0.857. The van der Waals surface area contributed by atoms with Crippen molar-refractivity contribution in [3.05, 3.63) is 0 Å². The van der Waals surface area contributed by atoms with Gasteiger partial charge in [0, 0.05) is 25.4 Å². The maximum Gasteiger partial charge on any atom is 0.221 e. The molecule has 1 saturated heterocycles. The Balaban J connectivity index is 2.15. The van der Waals surface area contributed by atoms with Gasteiger partial charge in [-0.2, -0.15) is 0 Å². The molecule has 0 radical (unpaired) electrons. The maximum absolute atomic E-state index is 11.8. The van der Waals surface area contributed by atoms with Crippen LogP contribution in [0.15, 0.2) is 0 Å². The fourth-order valence-electron chi connectivity index (χ4n) is 2.27. The second-order valence-corrected chi connectivity index (χ2v) is 5.84. The number of piperidine rings is 1. The van der Waals surface area contributed by atoms with Gasteiger partial charge in [-0.15, -0.1) is 0 Å². The quantitative estimate of drug-likeness (QED) is 0.663. The molecular formula is C14H27N3O2. The van der Waals surface area contributed by atoms with E-state index in [0.717, 1.165) is 19.5 Å². The smallest absolute Gasteiger partial charge is 0.221 e. The maximum atomic E-state index is 11.8. The van der Waals surface area contributed by atoms with Gasteiger partial charge in [0.05, 0.1) is 0 Å². The second-order valence-electron chi connectivity index (χ2n) is 5.84. The Morgan fingerprint density at radius 1 is 1.32 bits per heavy atom. The lowest BCUT2D eigenvalue weighted by Crippen LogP contribution is -2.48.